The summed E-state index contributed by atoms with van der Waals surface area (Å²) in [5.41, 5.74) is 7.63. The van der Waals surface area contributed by atoms with Crippen molar-refractivity contribution < 1.29 is 4.74 Å². The Morgan fingerprint density at radius 1 is 1.29 bits per heavy atom. The first kappa shape index (κ1) is 13.9. The molecule has 21 heavy (non-hydrogen) atoms. The first-order valence-corrected chi connectivity index (χ1v) is 7.08. The van der Waals surface area contributed by atoms with Gasteiger partial charge in [0.05, 0.1) is 19.4 Å². The average Bonchev–Trinajstić information content (AvgIpc) is 2.52. The third kappa shape index (κ3) is 3.34. The molecular formula is C14H16ClN5O. The molecule has 2 heterocycles. The summed E-state index contributed by atoms with van der Waals surface area (Å²) < 4.78 is 5.37. The van der Waals surface area contributed by atoms with Crippen LogP contribution in [0, 0.1) is 0 Å². The second-order valence-corrected chi connectivity index (χ2v) is 5.11. The molecule has 110 valence electrons. The van der Waals surface area contributed by atoms with Gasteiger partial charge in [0.2, 0.25) is 5.95 Å². The SMILES string of the molecule is Nc1ncc(Cl)c(Nc2cccc(N3CCOCC3)c2)n1. The van der Waals surface area contributed by atoms with Crippen molar-refractivity contribution in [1.29, 1.82) is 0 Å². The van der Waals surface area contributed by atoms with Crippen molar-refractivity contribution in [3.05, 3.63) is 35.5 Å². The van der Waals surface area contributed by atoms with Crippen LogP contribution in [0.15, 0.2) is 30.5 Å². The number of rotatable bonds is 3. The van der Waals surface area contributed by atoms with Crippen molar-refractivity contribution in [3.8, 4) is 0 Å². The lowest BCUT2D eigenvalue weighted by atomic mass is 10.2. The van der Waals surface area contributed by atoms with Crippen LogP contribution in [0.3, 0.4) is 0 Å². The number of aromatic nitrogens is 2. The van der Waals surface area contributed by atoms with Gasteiger partial charge in [0.1, 0.15) is 5.02 Å². The summed E-state index contributed by atoms with van der Waals surface area (Å²) >= 11 is 6.06. The Labute approximate surface area is 127 Å². The van der Waals surface area contributed by atoms with Gasteiger partial charge in [0, 0.05) is 24.5 Å². The van der Waals surface area contributed by atoms with E-state index in [0.29, 0.717) is 10.8 Å². The summed E-state index contributed by atoms with van der Waals surface area (Å²) in [6.45, 7) is 3.30. The maximum absolute atomic E-state index is 6.06. The van der Waals surface area contributed by atoms with Gasteiger partial charge < -0.3 is 20.7 Å². The van der Waals surface area contributed by atoms with Crippen LogP contribution in [-0.4, -0.2) is 36.3 Å². The summed E-state index contributed by atoms with van der Waals surface area (Å²) in [4.78, 5) is 10.2. The third-order valence-electron chi connectivity index (χ3n) is 3.25. The minimum atomic E-state index is 0.186. The Balaban J connectivity index is 1.81. The van der Waals surface area contributed by atoms with E-state index in [0.717, 1.165) is 37.7 Å². The van der Waals surface area contributed by atoms with Gasteiger partial charge >= 0.3 is 0 Å². The van der Waals surface area contributed by atoms with Crippen molar-refractivity contribution in [2.24, 2.45) is 0 Å². The Morgan fingerprint density at radius 3 is 2.90 bits per heavy atom. The van der Waals surface area contributed by atoms with E-state index < -0.39 is 0 Å². The molecular weight excluding hydrogens is 290 g/mol. The van der Waals surface area contributed by atoms with Gasteiger partial charge in [-0.1, -0.05) is 17.7 Å². The molecule has 0 atom stereocenters. The van der Waals surface area contributed by atoms with Crippen LogP contribution in [0.25, 0.3) is 0 Å². The van der Waals surface area contributed by atoms with E-state index in [1.165, 1.54) is 6.20 Å². The molecule has 0 saturated carbocycles. The minimum absolute atomic E-state index is 0.186. The van der Waals surface area contributed by atoms with E-state index in [2.05, 4.69) is 32.3 Å². The number of nitrogens with zero attached hydrogens (tertiary/aromatic N) is 3. The maximum Gasteiger partial charge on any atom is 0.222 e. The van der Waals surface area contributed by atoms with Gasteiger partial charge in [-0.2, -0.15) is 4.98 Å². The van der Waals surface area contributed by atoms with Crippen molar-refractivity contribution in [2.45, 2.75) is 0 Å². The molecule has 7 heteroatoms. The van der Waals surface area contributed by atoms with Crippen molar-refractivity contribution in [3.63, 3.8) is 0 Å². The van der Waals surface area contributed by atoms with E-state index in [1.54, 1.807) is 0 Å². The number of ether oxygens (including phenoxy) is 1. The highest BCUT2D eigenvalue weighted by Gasteiger charge is 2.12. The summed E-state index contributed by atoms with van der Waals surface area (Å²) in [6, 6.07) is 8.08. The number of hydrogen-bond donors (Lipinski definition) is 2. The maximum atomic E-state index is 6.06. The quantitative estimate of drug-likeness (QED) is 0.906. The van der Waals surface area contributed by atoms with E-state index in [9.17, 15) is 0 Å². The van der Waals surface area contributed by atoms with Crippen LogP contribution < -0.4 is 16.0 Å². The fraction of sp³-hybridized carbons (Fsp3) is 0.286. The van der Waals surface area contributed by atoms with Gasteiger partial charge in [-0.3, -0.25) is 0 Å². The molecule has 0 spiro atoms. The zero-order chi connectivity index (χ0) is 14.7. The zero-order valence-corrected chi connectivity index (χ0v) is 12.2. The number of halogens is 1. The van der Waals surface area contributed by atoms with Crippen LogP contribution in [0.4, 0.5) is 23.1 Å². The van der Waals surface area contributed by atoms with Gasteiger partial charge in [-0.25, -0.2) is 4.98 Å². The summed E-state index contributed by atoms with van der Waals surface area (Å²) in [6.07, 6.45) is 1.48. The highest BCUT2D eigenvalue weighted by molar-refractivity contribution is 6.32. The van der Waals surface area contributed by atoms with Gasteiger partial charge in [0.25, 0.3) is 0 Å². The normalized spacial score (nSPS) is 15.0. The second kappa shape index (κ2) is 6.15. The molecule has 1 aromatic heterocycles. The van der Waals surface area contributed by atoms with Crippen molar-refractivity contribution >= 4 is 34.7 Å². The number of benzene rings is 1. The number of morpholine rings is 1. The van der Waals surface area contributed by atoms with Crippen LogP contribution in [0.5, 0.6) is 0 Å². The Kier molecular flexibility index (Phi) is 4.08. The number of nitrogens with one attached hydrogen (secondary N) is 1. The second-order valence-electron chi connectivity index (χ2n) is 4.70. The summed E-state index contributed by atoms with van der Waals surface area (Å²) in [7, 11) is 0. The predicted octanol–water partition coefficient (Wildman–Crippen LogP) is 2.29. The van der Waals surface area contributed by atoms with E-state index >= 15 is 0 Å². The van der Waals surface area contributed by atoms with Gasteiger partial charge in [0.15, 0.2) is 5.82 Å². The molecule has 0 aliphatic carbocycles. The molecule has 1 fully saturated rings. The molecule has 1 aromatic carbocycles. The van der Waals surface area contributed by atoms with Gasteiger partial charge in [-0.15, -0.1) is 0 Å². The van der Waals surface area contributed by atoms with Crippen LogP contribution >= 0.6 is 11.6 Å². The van der Waals surface area contributed by atoms with Crippen molar-refractivity contribution in [1.82, 2.24) is 9.97 Å². The Bertz CT molecular complexity index is 631. The first-order valence-electron chi connectivity index (χ1n) is 6.70. The lowest BCUT2D eigenvalue weighted by molar-refractivity contribution is 0.122. The molecule has 0 amide bonds. The number of nitrogen functional groups attached to an aromatic ring is 1. The fourth-order valence-electron chi connectivity index (χ4n) is 2.21. The van der Waals surface area contributed by atoms with Crippen LogP contribution in [-0.2, 0) is 4.74 Å². The lowest BCUT2D eigenvalue weighted by Gasteiger charge is -2.29. The topological polar surface area (TPSA) is 76.3 Å². The Morgan fingerprint density at radius 2 is 2.10 bits per heavy atom. The molecule has 3 rings (SSSR count). The Hall–Kier alpha value is -2.05. The monoisotopic (exact) mass is 305 g/mol. The van der Waals surface area contributed by atoms with Crippen LogP contribution in [0.2, 0.25) is 5.02 Å². The van der Waals surface area contributed by atoms with Gasteiger partial charge in [-0.05, 0) is 18.2 Å². The standard InChI is InChI=1S/C14H16ClN5O/c15-12-9-17-14(16)19-13(12)18-10-2-1-3-11(8-10)20-4-6-21-7-5-20/h1-3,8-9H,4-7H2,(H3,16,17,18,19). The van der Waals surface area contributed by atoms with Crippen molar-refractivity contribution in [2.75, 3.05) is 42.3 Å². The first-order chi connectivity index (χ1) is 10.2. The molecule has 2 aromatic rings. The third-order valence-corrected chi connectivity index (χ3v) is 3.52. The zero-order valence-electron chi connectivity index (χ0n) is 11.4. The summed E-state index contributed by atoms with van der Waals surface area (Å²) in [5.74, 6) is 0.689. The van der Waals surface area contributed by atoms with Crippen LogP contribution in [0.1, 0.15) is 0 Å². The molecule has 1 saturated heterocycles. The van der Waals surface area contributed by atoms with E-state index in [4.69, 9.17) is 22.1 Å². The van der Waals surface area contributed by atoms with E-state index in [-0.39, 0.29) is 5.95 Å². The molecule has 1 aliphatic heterocycles. The predicted molar refractivity (Wildman–Crippen MR) is 84.2 cm³/mol. The highest BCUT2D eigenvalue weighted by Crippen LogP contribution is 2.26. The minimum Gasteiger partial charge on any atom is -0.378 e. The fourth-order valence-corrected chi connectivity index (χ4v) is 2.35. The number of anilines is 4. The smallest absolute Gasteiger partial charge is 0.222 e. The summed E-state index contributed by atoms with van der Waals surface area (Å²) in [5, 5.41) is 3.60. The molecule has 0 radical (unpaired) electrons. The number of hydrogen-bond acceptors (Lipinski definition) is 6. The van der Waals surface area contributed by atoms with E-state index in [1.807, 2.05) is 12.1 Å². The molecule has 0 unspecified atom stereocenters. The molecule has 6 nitrogen and oxygen atoms in total. The molecule has 1 aliphatic rings. The molecule has 3 N–H and O–H groups in total. The number of nitrogens with two attached hydrogens (primary N) is 1. The highest BCUT2D eigenvalue weighted by atomic mass is 35.5. The lowest BCUT2D eigenvalue weighted by Crippen LogP contribution is -2.36. The average molecular weight is 306 g/mol. The largest absolute Gasteiger partial charge is 0.378 e. The molecule has 0 bridgehead atoms.